The van der Waals surface area contributed by atoms with Gasteiger partial charge in [-0.3, -0.25) is 0 Å². The largest absolute Gasteiger partial charge is 0.456 e. The molecule has 1 unspecified atom stereocenters. The first-order chi connectivity index (χ1) is 9.29. The topological polar surface area (TPSA) is 69.7 Å². The van der Waals surface area contributed by atoms with Crippen molar-refractivity contribution in [2.45, 2.75) is 17.4 Å². The van der Waals surface area contributed by atoms with Crippen LogP contribution in [0.2, 0.25) is 5.02 Å². The molecule has 20 heavy (non-hydrogen) atoms. The molecule has 9 heteroatoms. The second-order valence-electron chi connectivity index (χ2n) is 4.10. The molecular weight excluding hydrogens is 395 g/mol. The average molecular weight is 404 g/mol. The van der Waals surface area contributed by atoms with Crippen molar-refractivity contribution in [1.29, 1.82) is 0 Å². The van der Waals surface area contributed by atoms with Crippen molar-refractivity contribution in [3.05, 3.63) is 27.2 Å². The van der Waals surface area contributed by atoms with Gasteiger partial charge in [0, 0.05) is 21.6 Å². The summed E-state index contributed by atoms with van der Waals surface area (Å²) in [6.45, 7) is 0.837. The van der Waals surface area contributed by atoms with Gasteiger partial charge in [0.2, 0.25) is 0 Å². The van der Waals surface area contributed by atoms with Crippen LogP contribution in [0, 0.1) is 0 Å². The standard InChI is InChI=1S/C11H9BrCl2O5S/c12-9-4-7(20(14,16)17)3-8(10(9)13)11(15)19-6-1-2-18-5-6/h3-4,6H,1-2,5H2. The van der Waals surface area contributed by atoms with Crippen LogP contribution in [0.25, 0.3) is 0 Å². The lowest BCUT2D eigenvalue weighted by molar-refractivity contribution is 0.0270. The molecule has 1 saturated heterocycles. The van der Waals surface area contributed by atoms with E-state index in [1.165, 1.54) is 6.07 Å². The Morgan fingerprint density at radius 2 is 2.15 bits per heavy atom. The van der Waals surface area contributed by atoms with E-state index in [1.807, 2.05) is 0 Å². The van der Waals surface area contributed by atoms with Gasteiger partial charge in [-0.25, -0.2) is 13.2 Å². The van der Waals surface area contributed by atoms with Crippen LogP contribution in [0.3, 0.4) is 0 Å². The Labute approximate surface area is 133 Å². The van der Waals surface area contributed by atoms with Gasteiger partial charge in [-0.15, -0.1) is 0 Å². The Bertz CT molecular complexity index is 640. The molecule has 1 fully saturated rings. The Morgan fingerprint density at radius 3 is 2.70 bits per heavy atom. The van der Waals surface area contributed by atoms with Crippen LogP contribution in [0.1, 0.15) is 16.8 Å². The maximum Gasteiger partial charge on any atom is 0.340 e. The highest BCUT2D eigenvalue weighted by Crippen LogP contribution is 2.32. The molecule has 0 radical (unpaired) electrons. The van der Waals surface area contributed by atoms with E-state index >= 15 is 0 Å². The summed E-state index contributed by atoms with van der Waals surface area (Å²) in [5, 5.41) is 0.0676. The van der Waals surface area contributed by atoms with Crippen molar-refractivity contribution in [3.63, 3.8) is 0 Å². The SMILES string of the molecule is O=C(OC1CCOC1)c1cc(S(=O)(=O)Cl)cc(Br)c1Cl. The number of rotatable bonds is 3. The second kappa shape index (κ2) is 6.19. The van der Waals surface area contributed by atoms with Crippen LogP contribution >= 0.6 is 38.2 Å². The third-order valence-corrected chi connectivity index (χ3v) is 5.26. The molecular formula is C11H9BrCl2O5S. The zero-order chi connectivity index (χ0) is 14.9. The minimum Gasteiger partial charge on any atom is -0.456 e. The Kier molecular flexibility index (Phi) is 4.96. The van der Waals surface area contributed by atoms with Gasteiger partial charge < -0.3 is 9.47 Å². The second-order valence-corrected chi connectivity index (χ2v) is 7.89. The van der Waals surface area contributed by atoms with Crippen molar-refractivity contribution in [3.8, 4) is 0 Å². The number of carbonyl (C=O) groups excluding carboxylic acids is 1. The van der Waals surface area contributed by atoms with Crippen LogP contribution < -0.4 is 0 Å². The van der Waals surface area contributed by atoms with Crippen LogP contribution in [0.4, 0.5) is 0 Å². The zero-order valence-electron chi connectivity index (χ0n) is 9.94. The summed E-state index contributed by atoms with van der Waals surface area (Å²) in [5.41, 5.74) is -0.0628. The van der Waals surface area contributed by atoms with Crippen LogP contribution in [-0.2, 0) is 18.5 Å². The molecule has 0 aromatic heterocycles. The molecule has 0 amide bonds. The molecule has 2 rings (SSSR count). The highest BCUT2D eigenvalue weighted by Gasteiger charge is 2.25. The van der Waals surface area contributed by atoms with Crippen molar-refractivity contribution in [2.24, 2.45) is 0 Å². The summed E-state index contributed by atoms with van der Waals surface area (Å²) in [7, 11) is 1.29. The predicted octanol–water partition coefficient (Wildman–Crippen LogP) is 2.98. The maximum atomic E-state index is 12.0. The summed E-state index contributed by atoms with van der Waals surface area (Å²) < 4.78 is 33.2. The van der Waals surface area contributed by atoms with E-state index in [-0.39, 0.29) is 26.1 Å². The quantitative estimate of drug-likeness (QED) is 0.573. The Balaban J connectivity index is 2.34. The number of halogens is 3. The van der Waals surface area contributed by atoms with E-state index in [2.05, 4.69) is 15.9 Å². The Hall–Kier alpha value is -0.340. The fourth-order valence-corrected chi connectivity index (χ4v) is 3.26. The van der Waals surface area contributed by atoms with Gasteiger partial charge in [0.1, 0.15) is 6.10 Å². The summed E-state index contributed by atoms with van der Waals surface area (Å²) in [4.78, 5) is 11.8. The normalized spacial score (nSPS) is 19.1. The molecule has 1 atom stereocenters. The van der Waals surface area contributed by atoms with Crippen molar-refractivity contribution < 1.29 is 22.7 Å². The molecule has 1 aromatic carbocycles. The molecule has 1 heterocycles. The smallest absolute Gasteiger partial charge is 0.340 e. The van der Waals surface area contributed by atoms with Gasteiger partial charge in [0.15, 0.2) is 0 Å². The fraction of sp³-hybridized carbons (Fsp3) is 0.364. The van der Waals surface area contributed by atoms with Crippen LogP contribution in [0.5, 0.6) is 0 Å². The van der Waals surface area contributed by atoms with Crippen molar-refractivity contribution in [1.82, 2.24) is 0 Å². The van der Waals surface area contributed by atoms with Gasteiger partial charge in [-0.2, -0.15) is 0 Å². The predicted molar refractivity (Wildman–Crippen MR) is 76.8 cm³/mol. The van der Waals surface area contributed by atoms with E-state index in [4.69, 9.17) is 31.8 Å². The number of esters is 1. The van der Waals surface area contributed by atoms with E-state index in [0.29, 0.717) is 19.6 Å². The minimum absolute atomic E-state index is 0.0628. The van der Waals surface area contributed by atoms with E-state index in [9.17, 15) is 13.2 Å². The van der Waals surface area contributed by atoms with E-state index < -0.39 is 15.0 Å². The number of benzene rings is 1. The molecule has 5 nitrogen and oxygen atoms in total. The molecule has 1 aliphatic rings. The maximum absolute atomic E-state index is 12.0. The lowest BCUT2D eigenvalue weighted by Gasteiger charge is -2.12. The first-order valence-corrected chi connectivity index (χ1v) is 8.99. The Morgan fingerprint density at radius 1 is 1.45 bits per heavy atom. The third kappa shape index (κ3) is 3.65. The van der Waals surface area contributed by atoms with Crippen LogP contribution in [0.15, 0.2) is 21.5 Å². The highest BCUT2D eigenvalue weighted by atomic mass is 79.9. The lowest BCUT2D eigenvalue weighted by atomic mass is 10.2. The summed E-state index contributed by atoms with van der Waals surface area (Å²) >= 11 is 9.06. The monoisotopic (exact) mass is 402 g/mol. The molecule has 0 N–H and O–H groups in total. The molecule has 0 aliphatic carbocycles. The number of ether oxygens (including phenoxy) is 2. The number of hydrogen-bond acceptors (Lipinski definition) is 5. The highest BCUT2D eigenvalue weighted by molar-refractivity contribution is 9.10. The van der Waals surface area contributed by atoms with E-state index in [1.54, 1.807) is 0 Å². The summed E-state index contributed by atoms with van der Waals surface area (Å²) in [5.74, 6) is -0.714. The van der Waals surface area contributed by atoms with Crippen molar-refractivity contribution >= 4 is 53.2 Å². The third-order valence-electron chi connectivity index (χ3n) is 2.66. The molecule has 0 saturated carbocycles. The summed E-state index contributed by atoms with van der Waals surface area (Å²) in [6.07, 6.45) is 0.242. The van der Waals surface area contributed by atoms with Gasteiger partial charge >= 0.3 is 5.97 Å². The van der Waals surface area contributed by atoms with Crippen LogP contribution in [-0.4, -0.2) is 33.7 Å². The lowest BCUT2D eigenvalue weighted by Crippen LogP contribution is -2.18. The zero-order valence-corrected chi connectivity index (χ0v) is 13.9. The van der Waals surface area contributed by atoms with Gasteiger partial charge in [0.25, 0.3) is 9.05 Å². The number of hydrogen-bond donors (Lipinski definition) is 0. The molecule has 110 valence electrons. The summed E-state index contributed by atoms with van der Waals surface area (Å²) in [6, 6.07) is 2.31. The fourth-order valence-electron chi connectivity index (χ4n) is 1.67. The van der Waals surface area contributed by atoms with Gasteiger partial charge in [0.05, 0.1) is 28.7 Å². The first kappa shape index (κ1) is 16.0. The average Bonchev–Trinajstić information content (AvgIpc) is 2.83. The van der Waals surface area contributed by atoms with E-state index in [0.717, 1.165) is 6.07 Å². The molecule has 1 aromatic rings. The molecule has 0 bridgehead atoms. The molecule has 0 spiro atoms. The van der Waals surface area contributed by atoms with Gasteiger partial charge in [-0.05, 0) is 28.1 Å². The van der Waals surface area contributed by atoms with Gasteiger partial charge in [-0.1, -0.05) is 11.6 Å². The minimum atomic E-state index is -3.97. The number of carbonyl (C=O) groups is 1. The molecule has 1 aliphatic heterocycles. The first-order valence-electron chi connectivity index (χ1n) is 5.51. The van der Waals surface area contributed by atoms with Crippen molar-refractivity contribution in [2.75, 3.05) is 13.2 Å².